The average molecular weight is 330 g/mol. The minimum Gasteiger partial charge on any atom is -1.00 e. The molecule has 0 bridgehead atoms. The fourth-order valence-corrected chi connectivity index (χ4v) is 0. The Morgan fingerprint density at radius 1 is 0.800 bits per heavy atom. The Hall–Kier alpha value is 0.670. The monoisotopic (exact) mass is 330 g/mol. The van der Waals surface area contributed by atoms with E-state index in [1.165, 1.54) is 0 Å². The van der Waals surface area contributed by atoms with Gasteiger partial charge < -0.3 is 4.70 Å². The van der Waals surface area contributed by atoms with Crippen LogP contribution < -0.4 is 4.70 Å². The summed E-state index contributed by atoms with van der Waals surface area (Å²) in [6, 6.07) is 0. The summed E-state index contributed by atoms with van der Waals surface area (Å²) in [7, 11) is 0. The van der Waals surface area contributed by atoms with Gasteiger partial charge in [0.15, 0.2) is 0 Å². The van der Waals surface area contributed by atoms with Crippen LogP contribution in [0.1, 0.15) is 27.7 Å². The standard InChI is InChI=1S/2C4H9.Au.FH/c2*1-4(2)3;;/h2*4H,1H2,2-3H3;;1H/q;;+1;/p-1. The molecule has 0 saturated heterocycles. The molecule has 0 aliphatic carbocycles. The van der Waals surface area contributed by atoms with Crippen LogP contribution in [0.2, 0.25) is 0 Å². The minimum atomic E-state index is 0. The summed E-state index contributed by atoms with van der Waals surface area (Å²) in [6.45, 7) is 15.5. The van der Waals surface area contributed by atoms with Crippen LogP contribution in [0, 0.1) is 25.7 Å². The zero-order valence-corrected chi connectivity index (χ0v) is 9.41. The molecule has 68 valence electrons. The Morgan fingerprint density at radius 2 is 0.800 bits per heavy atom. The average Bonchev–Trinajstić information content (AvgIpc) is 1.25. The Balaban J connectivity index is -0.0000000300. The second-order valence-electron chi connectivity index (χ2n) is 2.79. The molecule has 0 aromatic rings. The first-order valence-electron chi connectivity index (χ1n) is 3.13. The van der Waals surface area contributed by atoms with Gasteiger partial charge in [0, 0.05) is 0 Å². The van der Waals surface area contributed by atoms with Gasteiger partial charge >= 0.3 is 22.4 Å². The van der Waals surface area contributed by atoms with Crippen molar-refractivity contribution >= 4 is 0 Å². The number of rotatable bonds is 0. The van der Waals surface area contributed by atoms with Crippen LogP contribution in [0.25, 0.3) is 0 Å². The van der Waals surface area contributed by atoms with Gasteiger partial charge in [-0.2, -0.15) is 0 Å². The van der Waals surface area contributed by atoms with Gasteiger partial charge in [-0.05, 0) is 11.8 Å². The Bertz CT molecular complexity index is 24.7. The van der Waals surface area contributed by atoms with E-state index >= 15 is 0 Å². The van der Waals surface area contributed by atoms with Gasteiger partial charge in [0.1, 0.15) is 0 Å². The summed E-state index contributed by atoms with van der Waals surface area (Å²) in [5.41, 5.74) is 0. The normalized spacial score (nSPS) is 7.20. The molecule has 0 atom stereocenters. The first kappa shape index (κ1) is 22.4. The molecule has 0 aliphatic rings. The molecule has 10 heavy (non-hydrogen) atoms. The topological polar surface area (TPSA) is 0 Å². The van der Waals surface area contributed by atoms with Crippen LogP contribution in [0.15, 0.2) is 0 Å². The SMILES string of the molecule is [Au+].[CH2]C(C)C.[CH2]C(C)C.[F-]. The predicted octanol–water partition coefficient (Wildman–Crippen LogP) is -0.0455. The molecule has 0 heterocycles. The third-order valence-corrected chi connectivity index (χ3v) is 0. The summed E-state index contributed by atoms with van der Waals surface area (Å²) in [5.74, 6) is 1.17. The number of halogens is 1. The van der Waals surface area contributed by atoms with E-state index in [2.05, 4.69) is 41.5 Å². The molecule has 0 nitrogen and oxygen atoms in total. The van der Waals surface area contributed by atoms with Gasteiger partial charge in [-0.25, -0.2) is 0 Å². The zero-order chi connectivity index (χ0) is 7.15. The van der Waals surface area contributed by atoms with Gasteiger partial charge in [0.05, 0.1) is 0 Å². The van der Waals surface area contributed by atoms with Crippen molar-refractivity contribution in [3.8, 4) is 0 Å². The molecule has 0 fully saturated rings. The molecule has 0 rings (SSSR count). The van der Waals surface area contributed by atoms with Crippen molar-refractivity contribution in [2.75, 3.05) is 0 Å². The first-order valence-corrected chi connectivity index (χ1v) is 3.13. The summed E-state index contributed by atoms with van der Waals surface area (Å²) in [4.78, 5) is 0. The first-order chi connectivity index (χ1) is 3.46. The summed E-state index contributed by atoms with van der Waals surface area (Å²) in [5, 5.41) is 0. The van der Waals surface area contributed by atoms with Crippen molar-refractivity contribution < 1.29 is 27.1 Å². The molecule has 0 saturated carbocycles. The summed E-state index contributed by atoms with van der Waals surface area (Å²) in [6.07, 6.45) is 0. The smallest absolute Gasteiger partial charge is 1.00 e. The number of hydrogen-bond donors (Lipinski definition) is 0. The Morgan fingerprint density at radius 3 is 0.800 bits per heavy atom. The molecular formula is C8H18AuF. The predicted molar refractivity (Wildman–Crippen MR) is 40.4 cm³/mol. The summed E-state index contributed by atoms with van der Waals surface area (Å²) < 4.78 is 0. The van der Waals surface area contributed by atoms with Crippen molar-refractivity contribution in [3.05, 3.63) is 13.8 Å². The molecule has 0 unspecified atom stereocenters. The third kappa shape index (κ3) is 1140. The molecule has 2 radical (unpaired) electrons. The van der Waals surface area contributed by atoms with Crippen LogP contribution in [0.4, 0.5) is 0 Å². The van der Waals surface area contributed by atoms with E-state index in [0.717, 1.165) is 0 Å². The van der Waals surface area contributed by atoms with Gasteiger partial charge in [-0.15, -0.1) is 0 Å². The Labute approximate surface area is 80.7 Å². The van der Waals surface area contributed by atoms with E-state index < -0.39 is 0 Å². The van der Waals surface area contributed by atoms with Gasteiger partial charge in [-0.3, -0.25) is 0 Å². The van der Waals surface area contributed by atoms with Crippen molar-refractivity contribution in [1.29, 1.82) is 0 Å². The van der Waals surface area contributed by atoms with E-state index in [0.29, 0.717) is 11.8 Å². The third-order valence-electron chi connectivity index (χ3n) is 0. The molecule has 0 N–H and O–H groups in total. The van der Waals surface area contributed by atoms with Gasteiger partial charge in [-0.1, -0.05) is 41.5 Å². The fourth-order valence-electron chi connectivity index (χ4n) is 0. The van der Waals surface area contributed by atoms with Crippen molar-refractivity contribution in [1.82, 2.24) is 0 Å². The second-order valence-corrected chi connectivity index (χ2v) is 2.79. The minimum absolute atomic E-state index is 0. The van der Waals surface area contributed by atoms with Crippen LogP contribution in [0.5, 0.6) is 0 Å². The van der Waals surface area contributed by atoms with Gasteiger partial charge in [0.25, 0.3) is 0 Å². The maximum atomic E-state index is 3.64. The van der Waals surface area contributed by atoms with E-state index in [9.17, 15) is 0 Å². The van der Waals surface area contributed by atoms with E-state index in [1.807, 2.05) is 0 Å². The van der Waals surface area contributed by atoms with E-state index in [1.54, 1.807) is 0 Å². The van der Waals surface area contributed by atoms with Crippen molar-refractivity contribution in [2.45, 2.75) is 27.7 Å². The van der Waals surface area contributed by atoms with E-state index in [4.69, 9.17) is 0 Å². The summed E-state index contributed by atoms with van der Waals surface area (Å²) >= 11 is 0. The molecular weight excluding hydrogens is 312 g/mol. The van der Waals surface area contributed by atoms with Crippen molar-refractivity contribution in [2.24, 2.45) is 11.8 Å². The molecule has 0 spiro atoms. The quantitative estimate of drug-likeness (QED) is 0.547. The molecule has 0 aromatic heterocycles. The molecule has 0 amide bonds. The van der Waals surface area contributed by atoms with E-state index in [-0.39, 0.29) is 27.1 Å². The largest absolute Gasteiger partial charge is 1.00 e. The van der Waals surface area contributed by atoms with Gasteiger partial charge in [0.2, 0.25) is 0 Å². The zero-order valence-electron chi connectivity index (χ0n) is 7.25. The fraction of sp³-hybridized carbons (Fsp3) is 0.750. The molecule has 0 aliphatic heterocycles. The number of hydrogen-bond acceptors (Lipinski definition) is 0. The van der Waals surface area contributed by atoms with Crippen LogP contribution in [-0.4, -0.2) is 0 Å². The second kappa shape index (κ2) is 16.3. The van der Waals surface area contributed by atoms with Crippen LogP contribution in [0.3, 0.4) is 0 Å². The van der Waals surface area contributed by atoms with Crippen LogP contribution in [-0.2, 0) is 22.4 Å². The van der Waals surface area contributed by atoms with Crippen molar-refractivity contribution in [3.63, 3.8) is 0 Å². The maximum absolute atomic E-state index is 3.64. The maximum Gasteiger partial charge on any atom is 1.00 e. The van der Waals surface area contributed by atoms with Crippen LogP contribution >= 0.6 is 0 Å². The molecule has 0 aromatic carbocycles. The molecule has 2 heteroatoms. The Kier molecular flexibility index (Phi) is 36.6.